The van der Waals surface area contributed by atoms with Gasteiger partial charge in [0.2, 0.25) is 5.91 Å². The highest BCUT2D eigenvalue weighted by Crippen LogP contribution is 2.27. The SMILES string of the molecule is CCc1ccc2c(c1)cc(C)c1nnc(SCC(=O)Nc3ccccc3C(=O)OC)n12. The maximum absolute atomic E-state index is 12.6. The number of hydrogen-bond donors (Lipinski definition) is 1. The van der Waals surface area contributed by atoms with Crippen molar-refractivity contribution in [3.8, 4) is 0 Å². The number of aromatic nitrogens is 3. The van der Waals surface area contributed by atoms with Gasteiger partial charge in [-0.25, -0.2) is 4.79 Å². The van der Waals surface area contributed by atoms with Crippen molar-refractivity contribution < 1.29 is 14.3 Å². The third-order valence-corrected chi connectivity index (χ3v) is 5.97. The number of methoxy groups -OCH3 is 1. The van der Waals surface area contributed by atoms with Gasteiger partial charge in [0.25, 0.3) is 0 Å². The van der Waals surface area contributed by atoms with E-state index in [2.05, 4.69) is 46.7 Å². The van der Waals surface area contributed by atoms with Gasteiger partial charge in [-0.3, -0.25) is 9.20 Å². The number of esters is 1. The molecule has 0 unspecified atom stereocenters. The van der Waals surface area contributed by atoms with Crippen LogP contribution in [0, 0.1) is 6.92 Å². The first-order valence-corrected chi connectivity index (χ1v) is 10.9. The molecule has 8 heteroatoms. The molecule has 0 aliphatic rings. The molecule has 0 aliphatic heterocycles. The molecular weight excluding hydrogens is 412 g/mol. The summed E-state index contributed by atoms with van der Waals surface area (Å²) in [7, 11) is 1.31. The monoisotopic (exact) mass is 434 g/mol. The Bertz CT molecular complexity index is 1300. The summed E-state index contributed by atoms with van der Waals surface area (Å²) in [5.41, 5.74) is 4.79. The number of thioether (sulfide) groups is 1. The highest BCUT2D eigenvalue weighted by Gasteiger charge is 2.16. The molecule has 0 saturated carbocycles. The number of rotatable bonds is 6. The number of aryl methyl sites for hydroxylation is 2. The van der Waals surface area contributed by atoms with Crippen LogP contribution in [0.15, 0.2) is 53.7 Å². The van der Waals surface area contributed by atoms with Gasteiger partial charge in [0.05, 0.1) is 29.6 Å². The zero-order valence-corrected chi connectivity index (χ0v) is 18.3. The molecule has 2 aromatic heterocycles. The standard InChI is InChI=1S/C23H22N4O3S/c1-4-15-9-10-19-16(12-15)11-14(2)21-25-26-23(27(19)21)31-13-20(28)24-18-8-6-5-7-17(18)22(29)30-3/h5-12H,4,13H2,1-3H3,(H,24,28). The van der Waals surface area contributed by atoms with E-state index < -0.39 is 5.97 Å². The van der Waals surface area contributed by atoms with Gasteiger partial charge in [0.1, 0.15) is 0 Å². The van der Waals surface area contributed by atoms with Gasteiger partial charge in [0, 0.05) is 0 Å². The second-order valence-corrected chi connectivity index (χ2v) is 8.03. The highest BCUT2D eigenvalue weighted by molar-refractivity contribution is 7.99. The third kappa shape index (κ3) is 4.11. The number of amides is 1. The van der Waals surface area contributed by atoms with Crippen molar-refractivity contribution in [3.63, 3.8) is 0 Å². The molecule has 158 valence electrons. The minimum atomic E-state index is -0.500. The van der Waals surface area contributed by atoms with Crippen LogP contribution in [0.4, 0.5) is 5.69 Å². The molecule has 0 radical (unpaired) electrons. The molecule has 2 aromatic carbocycles. The molecule has 0 bridgehead atoms. The summed E-state index contributed by atoms with van der Waals surface area (Å²) < 4.78 is 6.77. The van der Waals surface area contributed by atoms with Gasteiger partial charge in [-0.2, -0.15) is 0 Å². The Labute approximate surface area is 183 Å². The predicted octanol–water partition coefficient (Wildman–Crippen LogP) is 4.27. The number of benzene rings is 2. The number of pyridine rings is 1. The van der Waals surface area contributed by atoms with Crippen molar-refractivity contribution in [1.29, 1.82) is 0 Å². The largest absolute Gasteiger partial charge is 0.465 e. The molecule has 2 heterocycles. The van der Waals surface area contributed by atoms with Crippen LogP contribution in [-0.2, 0) is 16.0 Å². The molecule has 0 atom stereocenters. The lowest BCUT2D eigenvalue weighted by Gasteiger charge is -2.10. The van der Waals surface area contributed by atoms with Gasteiger partial charge in [0.15, 0.2) is 10.8 Å². The number of nitrogens with zero attached hydrogens (tertiary/aromatic N) is 3. The molecule has 7 nitrogen and oxygen atoms in total. The van der Waals surface area contributed by atoms with E-state index in [4.69, 9.17) is 4.74 Å². The van der Waals surface area contributed by atoms with Crippen molar-refractivity contribution in [2.75, 3.05) is 18.2 Å². The predicted molar refractivity (Wildman–Crippen MR) is 122 cm³/mol. The first kappa shape index (κ1) is 20.9. The maximum Gasteiger partial charge on any atom is 0.339 e. The Morgan fingerprint density at radius 2 is 1.94 bits per heavy atom. The van der Waals surface area contributed by atoms with E-state index in [1.54, 1.807) is 24.3 Å². The minimum Gasteiger partial charge on any atom is -0.465 e. The average Bonchev–Trinajstić information content (AvgIpc) is 3.22. The Kier molecular flexibility index (Phi) is 5.90. The first-order valence-electron chi connectivity index (χ1n) is 9.89. The van der Waals surface area contributed by atoms with Crippen LogP contribution in [0.3, 0.4) is 0 Å². The molecule has 1 amide bonds. The van der Waals surface area contributed by atoms with Crippen molar-refractivity contribution in [1.82, 2.24) is 14.6 Å². The molecule has 0 fully saturated rings. The fourth-order valence-electron chi connectivity index (χ4n) is 3.47. The molecule has 4 aromatic rings. The van der Waals surface area contributed by atoms with Crippen molar-refractivity contribution in [2.24, 2.45) is 0 Å². The van der Waals surface area contributed by atoms with E-state index in [0.29, 0.717) is 16.4 Å². The Hall–Kier alpha value is -3.39. The Balaban J connectivity index is 1.59. The number of nitrogens with one attached hydrogen (secondary N) is 1. The van der Waals surface area contributed by atoms with Gasteiger partial charge in [-0.15, -0.1) is 10.2 Å². The normalized spacial score (nSPS) is 11.1. The van der Waals surface area contributed by atoms with Crippen LogP contribution < -0.4 is 5.32 Å². The summed E-state index contributed by atoms with van der Waals surface area (Å²) in [5, 5.41) is 13.2. The van der Waals surface area contributed by atoms with Crippen LogP contribution in [0.2, 0.25) is 0 Å². The number of anilines is 1. The van der Waals surface area contributed by atoms with E-state index in [0.717, 1.165) is 28.5 Å². The number of carbonyl (C=O) groups is 2. The number of hydrogen-bond acceptors (Lipinski definition) is 6. The number of fused-ring (bicyclic) bond motifs is 3. The zero-order chi connectivity index (χ0) is 22.0. The number of para-hydroxylation sites is 1. The van der Waals surface area contributed by atoms with Crippen molar-refractivity contribution in [2.45, 2.75) is 25.4 Å². The number of carbonyl (C=O) groups excluding carboxylic acids is 2. The summed E-state index contributed by atoms with van der Waals surface area (Å²) in [5.74, 6) is -0.623. The lowest BCUT2D eigenvalue weighted by molar-refractivity contribution is -0.113. The molecule has 0 spiro atoms. The Morgan fingerprint density at radius 3 is 2.71 bits per heavy atom. The molecule has 4 rings (SSSR count). The Morgan fingerprint density at radius 1 is 1.13 bits per heavy atom. The molecule has 0 aliphatic carbocycles. The van der Waals surface area contributed by atoms with E-state index in [-0.39, 0.29) is 11.7 Å². The second-order valence-electron chi connectivity index (χ2n) is 7.09. The molecule has 0 saturated heterocycles. The topological polar surface area (TPSA) is 85.6 Å². The minimum absolute atomic E-state index is 0.124. The fourth-order valence-corrected chi connectivity index (χ4v) is 4.22. The summed E-state index contributed by atoms with van der Waals surface area (Å²) >= 11 is 1.30. The lowest BCUT2D eigenvalue weighted by atomic mass is 10.1. The quantitative estimate of drug-likeness (QED) is 0.360. The van der Waals surface area contributed by atoms with Gasteiger partial charge >= 0.3 is 5.97 Å². The maximum atomic E-state index is 12.6. The van der Waals surface area contributed by atoms with Gasteiger partial charge in [-0.05, 0) is 60.2 Å². The van der Waals surface area contributed by atoms with Crippen LogP contribution in [-0.4, -0.2) is 39.3 Å². The van der Waals surface area contributed by atoms with Crippen LogP contribution in [0.25, 0.3) is 16.6 Å². The highest BCUT2D eigenvalue weighted by atomic mass is 32.2. The fraction of sp³-hybridized carbons (Fsp3) is 0.217. The van der Waals surface area contributed by atoms with Crippen molar-refractivity contribution >= 4 is 45.9 Å². The van der Waals surface area contributed by atoms with Crippen LogP contribution in [0.5, 0.6) is 0 Å². The lowest BCUT2D eigenvalue weighted by Crippen LogP contribution is -2.17. The van der Waals surface area contributed by atoms with Crippen molar-refractivity contribution in [3.05, 3.63) is 65.2 Å². The summed E-state index contributed by atoms with van der Waals surface area (Å²) in [6.45, 7) is 4.14. The van der Waals surface area contributed by atoms with Crippen LogP contribution in [0.1, 0.15) is 28.4 Å². The van der Waals surface area contributed by atoms with E-state index in [1.807, 2.05) is 11.3 Å². The van der Waals surface area contributed by atoms with E-state index in [9.17, 15) is 9.59 Å². The van der Waals surface area contributed by atoms with E-state index >= 15 is 0 Å². The number of ether oxygens (including phenoxy) is 1. The molecule has 1 N–H and O–H groups in total. The zero-order valence-electron chi connectivity index (χ0n) is 17.5. The summed E-state index contributed by atoms with van der Waals surface area (Å²) in [4.78, 5) is 24.5. The molecular formula is C23H22N4O3S. The van der Waals surface area contributed by atoms with E-state index in [1.165, 1.54) is 24.4 Å². The smallest absolute Gasteiger partial charge is 0.339 e. The first-order chi connectivity index (χ1) is 15.0. The summed E-state index contributed by atoms with van der Waals surface area (Å²) in [6, 6.07) is 15.2. The average molecular weight is 435 g/mol. The molecule has 31 heavy (non-hydrogen) atoms. The van der Waals surface area contributed by atoms with Gasteiger partial charge in [-0.1, -0.05) is 36.9 Å². The third-order valence-electron chi connectivity index (χ3n) is 5.04. The van der Waals surface area contributed by atoms with Crippen LogP contribution >= 0.6 is 11.8 Å². The summed E-state index contributed by atoms with van der Waals surface area (Å²) in [6.07, 6.45) is 0.962. The van der Waals surface area contributed by atoms with Gasteiger partial charge < -0.3 is 10.1 Å². The second kappa shape index (κ2) is 8.77.